The van der Waals surface area contributed by atoms with Gasteiger partial charge in [0.2, 0.25) is 5.91 Å². The molecule has 0 atom stereocenters. The summed E-state index contributed by atoms with van der Waals surface area (Å²) < 4.78 is 37.7. The Morgan fingerprint density at radius 2 is 1.77 bits per heavy atom. The van der Waals surface area contributed by atoms with Gasteiger partial charge in [0, 0.05) is 23.4 Å². The molecule has 0 saturated carbocycles. The maximum Gasteiger partial charge on any atom is 0.416 e. The first-order chi connectivity index (χ1) is 14.2. The fourth-order valence-corrected chi connectivity index (χ4v) is 3.44. The molecule has 0 saturated heterocycles. The van der Waals surface area contributed by atoms with E-state index in [1.165, 1.54) is 12.1 Å². The van der Waals surface area contributed by atoms with E-state index in [0.29, 0.717) is 22.8 Å². The van der Waals surface area contributed by atoms with E-state index in [2.05, 4.69) is 15.3 Å². The van der Waals surface area contributed by atoms with E-state index in [9.17, 15) is 22.8 Å². The summed E-state index contributed by atoms with van der Waals surface area (Å²) in [5, 5.41) is 2.82. The lowest BCUT2D eigenvalue weighted by molar-refractivity contribution is -0.137. The van der Waals surface area contributed by atoms with Crippen molar-refractivity contribution in [3.8, 4) is 0 Å². The number of carbonyl (C=O) groups is 1. The van der Waals surface area contributed by atoms with Gasteiger partial charge in [0.05, 0.1) is 11.3 Å². The zero-order valence-electron chi connectivity index (χ0n) is 15.9. The van der Waals surface area contributed by atoms with Gasteiger partial charge >= 0.3 is 6.18 Å². The highest BCUT2D eigenvalue weighted by Crippen LogP contribution is 2.29. The van der Waals surface area contributed by atoms with Gasteiger partial charge in [-0.05, 0) is 36.8 Å². The molecular weight excluding hydrogens is 415 g/mol. The average Bonchev–Trinajstić information content (AvgIpc) is 2.70. The van der Waals surface area contributed by atoms with Crippen LogP contribution in [0.3, 0.4) is 0 Å². The summed E-state index contributed by atoms with van der Waals surface area (Å²) in [7, 11) is 0. The number of aromatic nitrogens is 2. The smallest absolute Gasteiger partial charge is 0.325 e. The monoisotopic (exact) mass is 433 g/mol. The largest absolute Gasteiger partial charge is 0.416 e. The number of H-pyrrole nitrogens is 1. The molecule has 9 heteroatoms. The van der Waals surface area contributed by atoms with Gasteiger partial charge in [0.1, 0.15) is 0 Å². The van der Waals surface area contributed by atoms with Crippen LogP contribution in [0.1, 0.15) is 22.4 Å². The van der Waals surface area contributed by atoms with Crippen LogP contribution in [0.25, 0.3) is 0 Å². The van der Waals surface area contributed by atoms with E-state index in [1.54, 1.807) is 6.92 Å². The average molecular weight is 433 g/mol. The molecule has 3 rings (SSSR count). The molecule has 0 bridgehead atoms. The molecule has 2 aromatic carbocycles. The molecule has 3 aromatic rings. The van der Waals surface area contributed by atoms with Gasteiger partial charge in [0.15, 0.2) is 5.16 Å². The zero-order valence-corrected chi connectivity index (χ0v) is 16.7. The number of aromatic amines is 1. The van der Waals surface area contributed by atoms with Crippen molar-refractivity contribution in [1.29, 1.82) is 0 Å². The standard InChI is InChI=1S/C21H18F3N3O2S/c1-13-17(11-14-5-3-2-4-6-14)19(29)27-20(25-13)30-12-18(28)26-16-9-7-15(8-10-16)21(22,23)24/h2-10H,11-12H2,1H3,(H,26,28)(H,25,27,29). The number of aryl methyl sites for hydroxylation is 1. The quantitative estimate of drug-likeness (QED) is 0.446. The minimum atomic E-state index is -4.43. The highest BCUT2D eigenvalue weighted by atomic mass is 32.2. The van der Waals surface area contributed by atoms with Crippen molar-refractivity contribution in [1.82, 2.24) is 9.97 Å². The fourth-order valence-electron chi connectivity index (χ4n) is 2.73. The van der Waals surface area contributed by atoms with E-state index in [1.807, 2.05) is 30.3 Å². The molecule has 0 aliphatic heterocycles. The number of amides is 1. The van der Waals surface area contributed by atoms with Gasteiger partial charge in [-0.2, -0.15) is 13.2 Å². The van der Waals surface area contributed by atoms with Crippen molar-refractivity contribution in [3.63, 3.8) is 0 Å². The van der Waals surface area contributed by atoms with E-state index in [4.69, 9.17) is 0 Å². The maximum atomic E-state index is 12.6. The third-order valence-corrected chi connectivity index (χ3v) is 5.13. The van der Waals surface area contributed by atoms with E-state index >= 15 is 0 Å². The molecule has 0 radical (unpaired) electrons. The van der Waals surface area contributed by atoms with Gasteiger partial charge in [-0.1, -0.05) is 42.1 Å². The summed E-state index contributed by atoms with van der Waals surface area (Å²) in [6, 6.07) is 13.7. The normalized spacial score (nSPS) is 11.3. The Kier molecular flexibility index (Phi) is 6.61. The molecule has 156 valence electrons. The maximum absolute atomic E-state index is 12.6. The van der Waals surface area contributed by atoms with Gasteiger partial charge in [0.25, 0.3) is 5.56 Å². The van der Waals surface area contributed by atoms with E-state index in [-0.39, 0.29) is 17.0 Å². The van der Waals surface area contributed by atoms with Crippen molar-refractivity contribution in [2.24, 2.45) is 0 Å². The van der Waals surface area contributed by atoms with Crippen molar-refractivity contribution in [3.05, 3.63) is 87.3 Å². The number of hydrogen-bond donors (Lipinski definition) is 2. The number of nitrogens with zero attached hydrogens (tertiary/aromatic N) is 1. The van der Waals surface area contributed by atoms with E-state index < -0.39 is 17.6 Å². The van der Waals surface area contributed by atoms with Crippen LogP contribution in [0.5, 0.6) is 0 Å². The number of hydrogen-bond acceptors (Lipinski definition) is 4. The predicted octanol–water partition coefficient (Wildman–Crippen LogP) is 4.42. The second-order valence-electron chi connectivity index (χ2n) is 6.51. The Balaban J connectivity index is 1.60. The van der Waals surface area contributed by atoms with Crippen LogP contribution < -0.4 is 10.9 Å². The molecule has 0 spiro atoms. The second kappa shape index (κ2) is 9.17. The lowest BCUT2D eigenvalue weighted by Gasteiger charge is -2.09. The number of halogens is 3. The molecule has 1 amide bonds. The van der Waals surface area contributed by atoms with Gasteiger partial charge in [-0.3, -0.25) is 9.59 Å². The number of anilines is 1. The van der Waals surface area contributed by atoms with Crippen molar-refractivity contribution >= 4 is 23.4 Å². The molecular formula is C21H18F3N3O2S. The summed E-state index contributed by atoms with van der Waals surface area (Å²) in [5.74, 6) is -0.477. The Bertz CT molecular complexity index is 1080. The summed E-state index contributed by atoms with van der Waals surface area (Å²) >= 11 is 1.04. The van der Waals surface area contributed by atoms with Crippen LogP contribution >= 0.6 is 11.8 Å². The van der Waals surface area contributed by atoms with Crippen LogP contribution in [0.4, 0.5) is 18.9 Å². The lowest BCUT2D eigenvalue weighted by atomic mass is 10.1. The van der Waals surface area contributed by atoms with Crippen molar-refractivity contribution in [2.75, 3.05) is 11.1 Å². The van der Waals surface area contributed by atoms with Crippen molar-refractivity contribution in [2.45, 2.75) is 24.7 Å². The summed E-state index contributed by atoms with van der Waals surface area (Å²) in [4.78, 5) is 31.5. The molecule has 5 nitrogen and oxygen atoms in total. The van der Waals surface area contributed by atoms with Crippen molar-refractivity contribution < 1.29 is 18.0 Å². The van der Waals surface area contributed by atoms with Crippen LogP contribution in [-0.2, 0) is 17.4 Å². The molecule has 1 aromatic heterocycles. The Morgan fingerprint density at radius 3 is 2.37 bits per heavy atom. The molecule has 1 heterocycles. The predicted molar refractivity (Wildman–Crippen MR) is 110 cm³/mol. The first-order valence-electron chi connectivity index (χ1n) is 8.96. The van der Waals surface area contributed by atoms with Gasteiger partial charge in [-0.25, -0.2) is 4.98 Å². The number of nitrogens with one attached hydrogen (secondary N) is 2. The third-order valence-electron chi connectivity index (χ3n) is 4.26. The molecule has 0 aliphatic rings. The summed E-state index contributed by atoms with van der Waals surface area (Å²) in [6.45, 7) is 1.74. The number of rotatable bonds is 6. The second-order valence-corrected chi connectivity index (χ2v) is 7.47. The van der Waals surface area contributed by atoms with Crippen LogP contribution in [0, 0.1) is 6.92 Å². The minimum Gasteiger partial charge on any atom is -0.325 e. The summed E-state index contributed by atoms with van der Waals surface area (Å²) in [6.07, 6.45) is -3.98. The fraction of sp³-hybridized carbons (Fsp3) is 0.190. The number of alkyl halides is 3. The number of thioether (sulfide) groups is 1. The van der Waals surface area contributed by atoms with E-state index in [0.717, 1.165) is 29.5 Å². The van der Waals surface area contributed by atoms with Crippen LogP contribution in [0.2, 0.25) is 0 Å². The number of carbonyl (C=O) groups excluding carboxylic acids is 1. The molecule has 0 aliphatic carbocycles. The SMILES string of the molecule is Cc1nc(SCC(=O)Nc2ccc(C(F)(F)F)cc2)[nH]c(=O)c1Cc1ccccc1. The first kappa shape index (κ1) is 21.6. The highest BCUT2D eigenvalue weighted by Gasteiger charge is 2.30. The van der Waals surface area contributed by atoms with Crippen LogP contribution in [0.15, 0.2) is 64.5 Å². The number of benzene rings is 2. The Hall–Kier alpha value is -3.07. The lowest BCUT2D eigenvalue weighted by Crippen LogP contribution is -2.19. The van der Waals surface area contributed by atoms with Gasteiger partial charge in [-0.15, -0.1) is 0 Å². The molecule has 0 fully saturated rings. The Morgan fingerprint density at radius 1 is 1.10 bits per heavy atom. The molecule has 2 N–H and O–H groups in total. The zero-order chi connectivity index (χ0) is 21.7. The topological polar surface area (TPSA) is 74.8 Å². The van der Waals surface area contributed by atoms with Crippen LogP contribution in [-0.4, -0.2) is 21.6 Å². The molecule has 30 heavy (non-hydrogen) atoms. The third kappa shape index (κ3) is 5.73. The first-order valence-corrected chi connectivity index (χ1v) is 9.94. The Labute approximate surface area is 174 Å². The van der Waals surface area contributed by atoms with Gasteiger partial charge < -0.3 is 10.3 Å². The molecule has 0 unspecified atom stereocenters. The summed E-state index contributed by atoms with van der Waals surface area (Å²) in [5.41, 5.74) is 1.32. The minimum absolute atomic E-state index is 0.0541. The highest BCUT2D eigenvalue weighted by molar-refractivity contribution is 7.99.